The van der Waals surface area contributed by atoms with Gasteiger partial charge in [-0.1, -0.05) is 58.7 Å². The Balaban J connectivity index is 1.50. The SMILES string of the molecule is COc1ccc(CCN(C)c2cc(Cl)nc(SCC(=O)NCCc3ccc(Cl)cc3Cl)n2)cc1OC. The Morgan fingerprint density at radius 1 is 1.00 bits per heavy atom. The summed E-state index contributed by atoms with van der Waals surface area (Å²) < 4.78 is 10.7. The van der Waals surface area contributed by atoms with Crippen LogP contribution in [0.1, 0.15) is 11.1 Å². The van der Waals surface area contributed by atoms with Crippen LogP contribution in [0.3, 0.4) is 0 Å². The summed E-state index contributed by atoms with van der Waals surface area (Å²) in [6.45, 7) is 1.15. The van der Waals surface area contributed by atoms with Crippen molar-refractivity contribution in [3.05, 3.63) is 68.8 Å². The van der Waals surface area contributed by atoms with Crippen molar-refractivity contribution in [2.45, 2.75) is 18.0 Å². The number of ether oxygens (including phenoxy) is 2. The van der Waals surface area contributed by atoms with Gasteiger partial charge in [0.15, 0.2) is 16.7 Å². The van der Waals surface area contributed by atoms with Crippen LogP contribution < -0.4 is 19.7 Å². The molecule has 1 N–H and O–H groups in total. The van der Waals surface area contributed by atoms with Crippen LogP contribution in [0.5, 0.6) is 11.5 Å². The number of amides is 1. The van der Waals surface area contributed by atoms with E-state index in [-0.39, 0.29) is 11.7 Å². The zero-order valence-corrected chi connectivity index (χ0v) is 23.3. The molecule has 0 fully saturated rings. The maximum Gasteiger partial charge on any atom is 0.230 e. The molecule has 0 atom stereocenters. The Morgan fingerprint density at radius 2 is 1.78 bits per heavy atom. The van der Waals surface area contributed by atoms with Gasteiger partial charge in [-0.15, -0.1) is 0 Å². The molecular weight excluding hydrogens is 543 g/mol. The normalized spacial score (nSPS) is 10.7. The van der Waals surface area contributed by atoms with E-state index in [0.29, 0.717) is 57.2 Å². The monoisotopic (exact) mass is 568 g/mol. The van der Waals surface area contributed by atoms with Crippen molar-refractivity contribution >= 4 is 58.3 Å². The van der Waals surface area contributed by atoms with Gasteiger partial charge in [-0.25, -0.2) is 9.97 Å². The highest BCUT2D eigenvalue weighted by Crippen LogP contribution is 2.28. The molecule has 0 spiro atoms. The quantitative estimate of drug-likeness (QED) is 0.173. The molecule has 0 saturated heterocycles. The van der Waals surface area contributed by atoms with Gasteiger partial charge in [0.25, 0.3) is 0 Å². The second-order valence-electron chi connectivity index (χ2n) is 7.82. The van der Waals surface area contributed by atoms with Crippen molar-refractivity contribution < 1.29 is 14.3 Å². The summed E-state index contributed by atoms with van der Waals surface area (Å²) in [4.78, 5) is 23.1. The molecule has 7 nitrogen and oxygen atoms in total. The van der Waals surface area contributed by atoms with Crippen molar-refractivity contribution in [1.82, 2.24) is 15.3 Å². The maximum absolute atomic E-state index is 12.3. The summed E-state index contributed by atoms with van der Waals surface area (Å²) in [5.41, 5.74) is 2.03. The highest BCUT2D eigenvalue weighted by atomic mass is 35.5. The standard InChI is InChI=1S/C25H27Cl3N4O3S/c1-32(11-9-16-4-7-20(34-2)21(12-16)35-3)23-14-22(28)30-25(31-23)36-15-24(33)29-10-8-17-5-6-18(26)13-19(17)27/h4-7,12-14H,8-11,15H2,1-3H3,(H,29,33). The van der Waals surface area contributed by atoms with E-state index in [1.807, 2.05) is 36.2 Å². The van der Waals surface area contributed by atoms with Crippen molar-refractivity contribution in [3.8, 4) is 11.5 Å². The molecule has 0 saturated carbocycles. The van der Waals surface area contributed by atoms with Gasteiger partial charge in [-0.2, -0.15) is 0 Å². The van der Waals surface area contributed by atoms with Crippen LogP contribution in [0.2, 0.25) is 15.2 Å². The lowest BCUT2D eigenvalue weighted by Gasteiger charge is -2.19. The van der Waals surface area contributed by atoms with Crippen LogP contribution in [0.25, 0.3) is 0 Å². The first-order chi connectivity index (χ1) is 17.3. The van der Waals surface area contributed by atoms with Gasteiger partial charge in [0.2, 0.25) is 5.91 Å². The highest BCUT2D eigenvalue weighted by Gasteiger charge is 2.12. The third-order valence-electron chi connectivity index (χ3n) is 5.30. The number of benzene rings is 2. The number of nitrogens with zero attached hydrogens (tertiary/aromatic N) is 3. The zero-order chi connectivity index (χ0) is 26.1. The van der Waals surface area contributed by atoms with Gasteiger partial charge in [0.1, 0.15) is 11.0 Å². The molecule has 3 rings (SSSR count). The lowest BCUT2D eigenvalue weighted by molar-refractivity contribution is -0.118. The van der Waals surface area contributed by atoms with E-state index in [0.717, 1.165) is 17.5 Å². The van der Waals surface area contributed by atoms with E-state index in [1.54, 1.807) is 32.4 Å². The van der Waals surface area contributed by atoms with Crippen LogP contribution in [0.15, 0.2) is 47.6 Å². The molecular formula is C25H27Cl3N4O3S. The fourth-order valence-electron chi connectivity index (χ4n) is 3.34. The second-order valence-corrected chi connectivity index (χ2v) is 9.99. The van der Waals surface area contributed by atoms with Gasteiger partial charge in [-0.05, 0) is 48.2 Å². The summed E-state index contributed by atoms with van der Waals surface area (Å²) in [6, 6.07) is 12.9. The van der Waals surface area contributed by atoms with Gasteiger partial charge >= 0.3 is 0 Å². The average Bonchev–Trinajstić information content (AvgIpc) is 2.86. The molecule has 0 unspecified atom stereocenters. The summed E-state index contributed by atoms with van der Waals surface area (Å²) in [5.74, 6) is 2.10. The minimum absolute atomic E-state index is 0.128. The number of thioether (sulfide) groups is 1. The van der Waals surface area contributed by atoms with Crippen LogP contribution in [-0.4, -0.2) is 56.0 Å². The Labute approximate surface area is 230 Å². The molecule has 0 aliphatic rings. The van der Waals surface area contributed by atoms with E-state index >= 15 is 0 Å². The summed E-state index contributed by atoms with van der Waals surface area (Å²) in [7, 11) is 5.16. The Kier molecular flexibility index (Phi) is 10.8. The van der Waals surface area contributed by atoms with Gasteiger partial charge < -0.3 is 19.7 Å². The predicted octanol–water partition coefficient (Wildman–Crippen LogP) is 5.58. The summed E-state index contributed by atoms with van der Waals surface area (Å²) in [5, 5.41) is 4.80. The minimum Gasteiger partial charge on any atom is -0.493 e. The number of hydrogen-bond donors (Lipinski definition) is 1. The number of halogens is 3. The molecule has 0 aliphatic carbocycles. The topological polar surface area (TPSA) is 76.6 Å². The molecule has 0 bridgehead atoms. The van der Waals surface area contributed by atoms with E-state index in [2.05, 4.69) is 15.3 Å². The molecule has 0 radical (unpaired) electrons. The van der Waals surface area contributed by atoms with Crippen LogP contribution in [-0.2, 0) is 17.6 Å². The Morgan fingerprint density at radius 3 is 2.50 bits per heavy atom. The fraction of sp³-hybridized carbons (Fsp3) is 0.320. The maximum atomic E-state index is 12.3. The largest absolute Gasteiger partial charge is 0.493 e. The summed E-state index contributed by atoms with van der Waals surface area (Å²) >= 11 is 19.6. The van der Waals surface area contributed by atoms with Crippen molar-refractivity contribution in [1.29, 1.82) is 0 Å². The number of likely N-dealkylation sites (N-methyl/N-ethyl adjacent to an activating group) is 1. The van der Waals surface area contributed by atoms with Crippen molar-refractivity contribution in [2.24, 2.45) is 0 Å². The first-order valence-corrected chi connectivity index (χ1v) is 13.2. The minimum atomic E-state index is -0.128. The number of carbonyl (C=O) groups is 1. The molecule has 2 aromatic carbocycles. The first-order valence-electron chi connectivity index (χ1n) is 11.1. The van der Waals surface area contributed by atoms with Crippen LogP contribution >= 0.6 is 46.6 Å². The lowest BCUT2D eigenvalue weighted by atomic mass is 10.1. The van der Waals surface area contributed by atoms with Gasteiger partial charge in [0, 0.05) is 36.2 Å². The smallest absolute Gasteiger partial charge is 0.230 e. The number of carbonyl (C=O) groups excluding carboxylic acids is 1. The molecule has 36 heavy (non-hydrogen) atoms. The molecule has 1 aromatic heterocycles. The number of aromatic nitrogens is 2. The Hall–Kier alpha value is -2.39. The van der Waals surface area contributed by atoms with E-state index in [9.17, 15) is 4.79 Å². The molecule has 3 aromatic rings. The van der Waals surface area contributed by atoms with Crippen molar-refractivity contribution in [3.63, 3.8) is 0 Å². The number of methoxy groups -OCH3 is 2. The van der Waals surface area contributed by atoms with Gasteiger partial charge in [-0.3, -0.25) is 4.79 Å². The Bertz CT molecular complexity index is 1200. The summed E-state index contributed by atoms with van der Waals surface area (Å²) in [6.07, 6.45) is 1.37. The third kappa shape index (κ3) is 8.34. The lowest BCUT2D eigenvalue weighted by Crippen LogP contribution is -2.27. The molecule has 0 aliphatic heterocycles. The van der Waals surface area contributed by atoms with Gasteiger partial charge in [0.05, 0.1) is 20.0 Å². The number of anilines is 1. The van der Waals surface area contributed by atoms with Crippen molar-refractivity contribution in [2.75, 3.05) is 45.0 Å². The predicted molar refractivity (Wildman–Crippen MR) is 147 cm³/mol. The molecule has 1 amide bonds. The number of nitrogens with one attached hydrogen (secondary N) is 1. The van der Waals surface area contributed by atoms with Crippen LogP contribution in [0.4, 0.5) is 5.82 Å². The van der Waals surface area contributed by atoms with E-state index < -0.39 is 0 Å². The number of hydrogen-bond acceptors (Lipinski definition) is 7. The third-order valence-corrected chi connectivity index (χ3v) is 6.93. The average molecular weight is 570 g/mol. The molecule has 192 valence electrons. The van der Waals surface area contributed by atoms with Crippen LogP contribution in [0, 0.1) is 0 Å². The fourth-order valence-corrected chi connectivity index (χ4v) is 4.75. The number of rotatable bonds is 12. The zero-order valence-electron chi connectivity index (χ0n) is 20.2. The second kappa shape index (κ2) is 13.8. The molecule has 11 heteroatoms. The van der Waals surface area contributed by atoms with E-state index in [1.165, 1.54) is 11.8 Å². The highest BCUT2D eigenvalue weighted by molar-refractivity contribution is 7.99. The molecule has 1 heterocycles. The first kappa shape index (κ1) is 28.2. The van der Waals surface area contributed by atoms with E-state index in [4.69, 9.17) is 44.3 Å².